The molecule has 2 N–H and O–H groups in total. The molecule has 3 fully saturated rings. The third-order valence-corrected chi connectivity index (χ3v) is 13.6. The van der Waals surface area contributed by atoms with Crippen LogP contribution in [0.2, 0.25) is 0 Å². The summed E-state index contributed by atoms with van der Waals surface area (Å²) in [4.78, 5) is 10.1. The first-order chi connectivity index (χ1) is 23.6. The van der Waals surface area contributed by atoms with Crippen molar-refractivity contribution < 1.29 is 9.90 Å². The van der Waals surface area contributed by atoms with Crippen molar-refractivity contribution in [2.75, 3.05) is 0 Å². The monoisotopic (exact) mass is 682 g/mol. The standard InChI is InChI=1S/C27H46O.C9H8N2O.C6H4N2S/c1-18(2)7-6-8-19(3)23-11-12-24-22-10-9-20-17-21(28)13-15-26(20,4)25(22)14-16-27(23,24)5;10-6-9(11-7-12)8-4-2-1-3-5-8;1-2-4-6-5(3-1)7-8-9-6/h9,18-19,21-25,28H,6-8,10-17H2,1-5H3;1-5,7,9H,(H,11,12);1-4H/t19?,21-,22-,23+,24-,25-,26-,27+;;/m0../s1. The summed E-state index contributed by atoms with van der Waals surface area (Å²) in [5.41, 5.74) is 4.39. The maximum Gasteiger partial charge on any atom is 0.208 e. The largest absolute Gasteiger partial charge is 0.393 e. The van der Waals surface area contributed by atoms with Crippen LogP contribution < -0.4 is 5.32 Å². The van der Waals surface area contributed by atoms with Crippen molar-refractivity contribution in [2.24, 2.45) is 46.3 Å². The average Bonchev–Trinajstić information content (AvgIpc) is 3.73. The van der Waals surface area contributed by atoms with E-state index in [1.807, 2.05) is 48.5 Å². The highest BCUT2D eigenvalue weighted by molar-refractivity contribution is 7.12. The Bertz CT molecular complexity index is 1540. The minimum absolute atomic E-state index is 0.0766. The molecule has 3 saturated carbocycles. The van der Waals surface area contributed by atoms with Gasteiger partial charge in [0.25, 0.3) is 0 Å². The first kappa shape index (κ1) is 37.2. The number of nitrogens with one attached hydrogen (secondary N) is 1. The maximum absolute atomic E-state index is 10.2. The molecule has 264 valence electrons. The van der Waals surface area contributed by atoms with Crippen LogP contribution in [-0.2, 0) is 4.79 Å². The van der Waals surface area contributed by atoms with Crippen LogP contribution in [0.5, 0.6) is 0 Å². The Morgan fingerprint density at radius 1 is 1.00 bits per heavy atom. The summed E-state index contributed by atoms with van der Waals surface area (Å²) in [7, 11) is 0. The molecule has 1 aromatic heterocycles. The quantitative estimate of drug-likeness (QED) is 0.182. The van der Waals surface area contributed by atoms with Crippen molar-refractivity contribution in [3.05, 3.63) is 71.8 Å². The lowest BCUT2D eigenvalue weighted by molar-refractivity contribution is -0.109. The molecule has 0 aliphatic heterocycles. The Labute approximate surface area is 299 Å². The summed E-state index contributed by atoms with van der Waals surface area (Å²) in [6.45, 7) is 12.6. The van der Waals surface area contributed by atoms with Gasteiger partial charge in [-0.25, -0.2) is 0 Å². The number of hydrogen-bond acceptors (Lipinski definition) is 6. The fourth-order valence-corrected chi connectivity index (χ4v) is 10.9. The minimum Gasteiger partial charge on any atom is -0.393 e. The first-order valence-corrected chi connectivity index (χ1v) is 19.6. The number of aromatic nitrogens is 2. The summed E-state index contributed by atoms with van der Waals surface area (Å²) in [5, 5.41) is 25.1. The van der Waals surface area contributed by atoms with Gasteiger partial charge in [0, 0.05) is 0 Å². The van der Waals surface area contributed by atoms with Gasteiger partial charge in [-0.2, -0.15) is 5.26 Å². The number of fused-ring (bicyclic) bond motifs is 6. The van der Waals surface area contributed by atoms with Crippen LogP contribution in [0.3, 0.4) is 0 Å². The molecular formula is C42H58N4O2S. The van der Waals surface area contributed by atoms with Crippen molar-refractivity contribution in [3.63, 3.8) is 0 Å². The number of carbonyl (C=O) groups is 1. The Morgan fingerprint density at radius 2 is 1.76 bits per heavy atom. The lowest BCUT2D eigenvalue weighted by Gasteiger charge is -2.58. The van der Waals surface area contributed by atoms with E-state index in [0.29, 0.717) is 17.2 Å². The van der Waals surface area contributed by atoms with Crippen LogP contribution in [0.1, 0.15) is 117 Å². The van der Waals surface area contributed by atoms with Crippen LogP contribution >= 0.6 is 11.5 Å². The number of allylic oxidation sites excluding steroid dienone is 1. The number of aliphatic hydroxyl groups excluding tert-OH is 1. The average molecular weight is 683 g/mol. The second-order valence-electron chi connectivity index (χ2n) is 16.2. The van der Waals surface area contributed by atoms with Gasteiger partial charge in [0.2, 0.25) is 6.41 Å². The summed E-state index contributed by atoms with van der Waals surface area (Å²) in [6, 6.07) is 18.5. The normalized spacial score (nSPS) is 31.2. The van der Waals surface area contributed by atoms with Gasteiger partial charge in [-0.3, -0.25) is 4.79 Å². The molecule has 1 heterocycles. The highest BCUT2D eigenvalue weighted by Crippen LogP contribution is 2.67. The molecule has 2 aromatic carbocycles. The van der Waals surface area contributed by atoms with E-state index in [0.717, 1.165) is 64.1 Å². The smallest absolute Gasteiger partial charge is 0.208 e. The summed E-state index contributed by atoms with van der Waals surface area (Å²) in [5.74, 6) is 5.46. The van der Waals surface area contributed by atoms with E-state index in [-0.39, 0.29) is 6.10 Å². The highest BCUT2D eigenvalue weighted by Gasteiger charge is 2.59. The summed E-state index contributed by atoms with van der Waals surface area (Å²) < 4.78 is 4.94. The lowest BCUT2D eigenvalue weighted by atomic mass is 9.47. The number of carbonyl (C=O) groups excluding carboxylic acids is 1. The van der Waals surface area contributed by atoms with Gasteiger partial charge in [0.15, 0.2) is 0 Å². The number of nitrogens with zero attached hydrogens (tertiary/aromatic N) is 3. The molecule has 3 aromatic rings. The molecule has 7 heteroatoms. The molecule has 6 nitrogen and oxygen atoms in total. The van der Waals surface area contributed by atoms with Crippen molar-refractivity contribution in [3.8, 4) is 6.07 Å². The number of nitriles is 1. The summed E-state index contributed by atoms with van der Waals surface area (Å²) >= 11 is 1.43. The maximum atomic E-state index is 10.2. The van der Waals surface area contributed by atoms with E-state index in [4.69, 9.17) is 5.26 Å². The van der Waals surface area contributed by atoms with Crippen molar-refractivity contribution in [1.29, 1.82) is 5.26 Å². The van der Waals surface area contributed by atoms with Gasteiger partial charge in [0.05, 0.1) is 16.9 Å². The number of hydrogen-bond donors (Lipinski definition) is 2. The van der Waals surface area contributed by atoms with Crippen molar-refractivity contribution in [1.82, 2.24) is 14.9 Å². The third-order valence-electron chi connectivity index (χ3n) is 12.9. The molecule has 2 unspecified atom stereocenters. The molecule has 4 aliphatic rings. The van der Waals surface area contributed by atoms with E-state index < -0.39 is 6.04 Å². The van der Waals surface area contributed by atoms with Crippen LogP contribution in [0.25, 0.3) is 10.2 Å². The number of rotatable bonds is 8. The molecule has 0 saturated heterocycles. The molecule has 4 aliphatic carbocycles. The molecule has 9 atom stereocenters. The molecule has 0 radical (unpaired) electrons. The molecule has 0 bridgehead atoms. The molecule has 0 spiro atoms. The van der Waals surface area contributed by atoms with E-state index in [1.165, 1.54) is 69.3 Å². The van der Waals surface area contributed by atoms with Gasteiger partial charge < -0.3 is 10.4 Å². The van der Waals surface area contributed by atoms with E-state index in [9.17, 15) is 9.90 Å². The zero-order valence-electron chi connectivity index (χ0n) is 30.4. The molecule has 49 heavy (non-hydrogen) atoms. The second kappa shape index (κ2) is 16.8. The first-order valence-electron chi connectivity index (χ1n) is 18.8. The number of aliphatic hydroxyl groups is 1. The van der Waals surface area contributed by atoms with E-state index in [2.05, 4.69) is 55.6 Å². The SMILES string of the molecule is CC(C)CCCC(C)[C@H]1CC[C@H]2[C@@H]3CC=C4C[C@@H](O)CC[C@]4(C)[C@H]3CC[C@]12C.N#CC(NC=O)c1ccccc1.c1ccc2snnc2c1. The zero-order chi connectivity index (χ0) is 35.0. The Balaban J connectivity index is 0.000000181. The van der Waals surface area contributed by atoms with Crippen LogP contribution in [0, 0.1) is 57.7 Å². The van der Waals surface area contributed by atoms with Crippen molar-refractivity contribution >= 4 is 28.2 Å². The van der Waals surface area contributed by atoms with E-state index in [1.54, 1.807) is 17.7 Å². The fourth-order valence-electron chi connectivity index (χ4n) is 10.3. The molecule has 7 rings (SSSR count). The van der Waals surface area contributed by atoms with Crippen LogP contribution in [-0.4, -0.2) is 27.2 Å². The highest BCUT2D eigenvalue weighted by atomic mass is 32.1. The Kier molecular flexibility index (Phi) is 12.7. The topological polar surface area (TPSA) is 98.9 Å². The minimum atomic E-state index is -0.538. The predicted octanol–water partition coefficient (Wildman–Crippen LogP) is 10.1. The van der Waals surface area contributed by atoms with Crippen LogP contribution in [0.4, 0.5) is 0 Å². The van der Waals surface area contributed by atoms with Gasteiger partial charge in [-0.15, -0.1) is 5.10 Å². The van der Waals surface area contributed by atoms with Gasteiger partial charge >= 0.3 is 0 Å². The number of amides is 1. The Morgan fingerprint density at radius 3 is 2.47 bits per heavy atom. The predicted molar refractivity (Wildman–Crippen MR) is 200 cm³/mol. The van der Waals surface area contributed by atoms with Gasteiger partial charge in [-0.05, 0) is 127 Å². The fraction of sp³-hybridized carbons (Fsp3) is 0.619. The third kappa shape index (κ3) is 8.46. The molecule has 1 amide bonds. The Hall–Kier alpha value is -3.08. The molecular weight excluding hydrogens is 625 g/mol. The number of benzene rings is 2. The second-order valence-corrected chi connectivity index (χ2v) is 17.0. The van der Waals surface area contributed by atoms with Crippen LogP contribution in [0.15, 0.2) is 66.2 Å². The summed E-state index contributed by atoms with van der Waals surface area (Å²) in [6.07, 6.45) is 17.7. The van der Waals surface area contributed by atoms with Gasteiger partial charge in [0.1, 0.15) is 11.6 Å². The van der Waals surface area contributed by atoms with Crippen molar-refractivity contribution in [2.45, 2.75) is 117 Å². The van der Waals surface area contributed by atoms with Gasteiger partial charge in [-0.1, -0.05) is 112 Å². The zero-order valence-corrected chi connectivity index (χ0v) is 31.2. The van der Waals surface area contributed by atoms with E-state index >= 15 is 0 Å². The lowest BCUT2D eigenvalue weighted by Crippen LogP contribution is -2.50.